The lowest BCUT2D eigenvalue weighted by molar-refractivity contribution is -0.139. The van der Waals surface area contributed by atoms with Gasteiger partial charge >= 0.3 is 0 Å². The molecule has 4 nitrogen and oxygen atoms in total. The number of carbonyl (C=O) groups excluding carboxylic acids is 2. The second-order valence-electron chi connectivity index (χ2n) is 7.60. The Labute approximate surface area is 210 Å². The fraction of sp³-hybridized carbons (Fsp3) is 0.417. The molecular weight excluding hydrogens is 487 g/mol. The van der Waals surface area contributed by atoms with Crippen LogP contribution in [0.1, 0.15) is 44.7 Å². The van der Waals surface area contributed by atoms with Crippen molar-refractivity contribution in [2.24, 2.45) is 0 Å². The highest BCUT2D eigenvalue weighted by Crippen LogP contribution is 2.25. The number of benzene rings is 2. The molecule has 0 saturated carbocycles. The Morgan fingerprint density at radius 2 is 1.72 bits per heavy atom. The first-order valence-electron chi connectivity index (χ1n) is 10.6. The highest BCUT2D eigenvalue weighted by Gasteiger charge is 2.29. The molecule has 8 heteroatoms. The van der Waals surface area contributed by atoms with Gasteiger partial charge in [-0.1, -0.05) is 72.9 Å². The van der Waals surface area contributed by atoms with Gasteiger partial charge in [0.05, 0.1) is 15.8 Å². The van der Waals surface area contributed by atoms with Crippen LogP contribution >= 0.6 is 46.6 Å². The Balaban J connectivity index is 2.18. The summed E-state index contributed by atoms with van der Waals surface area (Å²) in [5.41, 5.74) is 1.79. The zero-order valence-electron chi connectivity index (χ0n) is 18.5. The van der Waals surface area contributed by atoms with Gasteiger partial charge in [-0.05, 0) is 49.1 Å². The van der Waals surface area contributed by atoms with Gasteiger partial charge in [0.25, 0.3) is 0 Å². The van der Waals surface area contributed by atoms with E-state index in [1.54, 1.807) is 17.0 Å². The highest BCUT2D eigenvalue weighted by atomic mass is 35.5. The maximum atomic E-state index is 13.3. The van der Waals surface area contributed by atoms with Crippen LogP contribution in [0.2, 0.25) is 15.1 Å². The molecule has 0 heterocycles. The maximum Gasteiger partial charge on any atom is 0.243 e. The van der Waals surface area contributed by atoms with Gasteiger partial charge in [0.1, 0.15) is 6.04 Å². The Hall–Kier alpha value is -1.40. The third-order valence-corrected chi connectivity index (χ3v) is 7.24. The molecule has 0 aliphatic rings. The number of thioether (sulfide) groups is 1. The lowest BCUT2D eigenvalue weighted by atomic mass is 10.1. The summed E-state index contributed by atoms with van der Waals surface area (Å²) in [6.07, 6.45) is 1.32. The predicted octanol–water partition coefficient (Wildman–Crippen LogP) is 6.60. The third kappa shape index (κ3) is 7.87. The summed E-state index contributed by atoms with van der Waals surface area (Å²) in [7, 11) is 0. The number of nitrogens with zero attached hydrogens (tertiary/aromatic N) is 1. The number of rotatable bonds is 11. The summed E-state index contributed by atoms with van der Waals surface area (Å²) in [5.74, 6) is 0.590. The molecule has 0 radical (unpaired) electrons. The minimum atomic E-state index is -0.577. The summed E-state index contributed by atoms with van der Waals surface area (Å²) >= 11 is 19.9. The number of carbonyl (C=O) groups is 2. The highest BCUT2D eigenvalue weighted by molar-refractivity contribution is 7.99. The van der Waals surface area contributed by atoms with E-state index in [-0.39, 0.29) is 30.2 Å². The van der Waals surface area contributed by atoms with E-state index >= 15 is 0 Å². The topological polar surface area (TPSA) is 49.4 Å². The van der Waals surface area contributed by atoms with Crippen LogP contribution < -0.4 is 5.32 Å². The molecule has 0 spiro atoms. The molecule has 2 aromatic rings. The van der Waals surface area contributed by atoms with Gasteiger partial charge in [-0.15, -0.1) is 11.8 Å². The minimum absolute atomic E-state index is 0.0353. The first-order valence-corrected chi connectivity index (χ1v) is 12.9. The molecule has 0 aromatic heterocycles. The van der Waals surface area contributed by atoms with Gasteiger partial charge in [-0.2, -0.15) is 0 Å². The first-order chi connectivity index (χ1) is 15.3. The lowest BCUT2D eigenvalue weighted by Gasteiger charge is -2.31. The normalized spacial score (nSPS) is 12.8. The largest absolute Gasteiger partial charge is 0.352 e. The van der Waals surface area contributed by atoms with E-state index in [1.807, 2.05) is 51.1 Å². The van der Waals surface area contributed by atoms with E-state index in [0.29, 0.717) is 27.2 Å². The molecule has 0 aliphatic carbocycles. The SMILES string of the molecule is CC[C@@H](C)NC(=O)[C@@H](CC)N(Cc1ccc(Cl)c(Cl)c1)C(=O)CSCc1ccccc1Cl. The van der Waals surface area contributed by atoms with Gasteiger partial charge in [0.2, 0.25) is 11.8 Å². The quantitative estimate of drug-likeness (QED) is 0.367. The van der Waals surface area contributed by atoms with E-state index in [9.17, 15) is 9.59 Å². The fourth-order valence-corrected chi connectivity index (χ4v) is 4.66. The van der Waals surface area contributed by atoms with Crippen molar-refractivity contribution in [1.29, 1.82) is 0 Å². The van der Waals surface area contributed by atoms with Gasteiger partial charge in [-0.3, -0.25) is 9.59 Å². The van der Waals surface area contributed by atoms with Gasteiger partial charge < -0.3 is 10.2 Å². The third-order valence-electron chi connectivity index (χ3n) is 5.16. The van der Waals surface area contributed by atoms with E-state index in [0.717, 1.165) is 17.5 Å². The molecule has 2 amide bonds. The van der Waals surface area contributed by atoms with Gasteiger partial charge in [-0.25, -0.2) is 0 Å². The number of hydrogen-bond donors (Lipinski definition) is 1. The van der Waals surface area contributed by atoms with Crippen LogP contribution in [0.4, 0.5) is 0 Å². The van der Waals surface area contributed by atoms with E-state index in [2.05, 4.69) is 5.32 Å². The molecule has 174 valence electrons. The Kier molecular flexibility index (Phi) is 11.2. The maximum absolute atomic E-state index is 13.3. The van der Waals surface area contributed by atoms with Crippen LogP contribution in [0, 0.1) is 0 Å². The zero-order chi connectivity index (χ0) is 23.7. The summed E-state index contributed by atoms with van der Waals surface area (Å²) in [6, 6.07) is 12.3. The molecule has 0 bridgehead atoms. The summed E-state index contributed by atoms with van der Waals surface area (Å²) < 4.78 is 0. The molecule has 0 unspecified atom stereocenters. The Bertz CT molecular complexity index is 926. The molecule has 0 saturated heterocycles. The number of amides is 2. The van der Waals surface area contributed by atoms with Crippen molar-refractivity contribution in [3.8, 4) is 0 Å². The van der Waals surface area contributed by atoms with E-state index in [1.165, 1.54) is 11.8 Å². The molecule has 2 atom stereocenters. The van der Waals surface area contributed by atoms with Crippen molar-refractivity contribution in [3.63, 3.8) is 0 Å². The van der Waals surface area contributed by atoms with Crippen molar-refractivity contribution in [2.75, 3.05) is 5.75 Å². The summed E-state index contributed by atoms with van der Waals surface area (Å²) in [5, 5.41) is 4.55. The van der Waals surface area contributed by atoms with Crippen LogP contribution in [0.3, 0.4) is 0 Å². The van der Waals surface area contributed by atoms with E-state index in [4.69, 9.17) is 34.8 Å². The van der Waals surface area contributed by atoms with Crippen LogP contribution in [-0.2, 0) is 21.9 Å². The first kappa shape index (κ1) is 26.8. The molecular formula is C24H29Cl3N2O2S. The molecule has 0 aliphatic heterocycles. The Morgan fingerprint density at radius 3 is 2.34 bits per heavy atom. The van der Waals surface area contributed by atoms with Crippen molar-refractivity contribution < 1.29 is 9.59 Å². The smallest absolute Gasteiger partial charge is 0.243 e. The van der Waals surface area contributed by atoms with Crippen LogP contribution in [0.5, 0.6) is 0 Å². The number of hydrogen-bond acceptors (Lipinski definition) is 3. The van der Waals surface area contributed by atoms with E-state index < -0.39 is 6.04 Å². The van der Waals surface area contributed by atoms with Gasteiger partial charge in [0.15, 0.2) is 0 Å². The molecule has 0 fully saturated rings. The van der Waals surface area contributed by atoms with Crippen molar-refractivity contribution in [3.05, 3.63) is 68.7 Å². The Morgan fingerprint density at radius 1 is 1.00 bits per heavy atom. The van der Waals surface area contributed by atoms with Crippen molar-refractivity contribution in [1.82, 2.24) is 10.2 Å². The average Bonchev–Trinajstić information content (AvgIpc) is 2.77. The number of halogens is 3. The van der Waals surface area contributed by atoms with Crippen molar-refractivity contribution in [2.45, 2.75) is 58.0 Å². The van der Waals surface area contributed by atoms with Crippen LogP contribution in [0.15, 0.2) is 42.5 Å². The molecule has 2 aromatic carbocycles. The standard InChI is InChI=1S/C24H29Cl3N2O2S/c1-4-16(3)28-24(31)22(5-2)29(13-17-10-11-20(26)21(27)12-17)23(30)15-32-14-18-8-6-7-9-19(18)25/h6-12,16,22H,4-5,13-15H2,1-3H3,(H,28,31)/t16-,22-/m1/s1. The predicted molar refractivity (Wildman–Crippen MR) is 137 cm³/mol. The second-order valence-corrected chi connectivity index (χ2v) is 9.80. The summed E-state index contributed by atoms with van der Waals surface area (Å²) in [4.78, 5) is 27.9. The van der Waals surface area contributed by atoms with Crippen molar-refractivity contribution >= 4 is 58.4 Å². The monoisotopic (exact) mass is 514 g/mol. The summed E-state index contributed by atoms with van der Waals surface area (Å²) in [6.45, 7) is 6.15. The van der Waals surface area contributed by atoms with Crippen LogP contribution in [-0.4, -0.2) is 34.6 Å². The lowest BCUT2D eigenvalue weighted by Crippen LogP contribution is -2.51. The average molecular weight is 516 g/mol. The fourth-order valence-electron chi connectivity index (χ4n) is 3.14. The molecule has 2 rings (SSSR count). The molecule has 1 N–H and O–H groups in total. The van der Waals surface area contributed by atoms with Crippen LogP contribution in [0.25, 0.3) is 0 Å². The zero-order valence-corrected chi connectivity index (χ0v) is 21.6. The molecule has 32 heavy (non-hydrogen) atoms. The number of nitrogens with one attached hydrogen (secondary N) is 1. The second kappa shape index (κ2) is 13.3. The van der Waals surface area contributed by atoms with Gasteiger partial charge in [0, 0.05) is 23.4 Å². The minimum Gasteiger partial charge on any atom is -0.352 e.